The number of nitrogens with zero attached hydrogens (tertiary/aromatic N) is 3. The number of piperidine rings is 1. The smallest absolute Gasteiger partial charge is 0.250 e. The summed E-state index contributed by atoms with van der Waals surface area (Å²) in [6.45, 7) is 4.79. The molecule has 3 aromatic rings. The van der Waals surface area contributed by atoms with Crippen LogP contribution in [0.2, 0.25) is 0 Å². The fourth-order valence-electron chi connectivity index (χ4n) is 4.93. The molecule has 1 aliphatic heterocycles. The standard InChI is InChI=1S/C26H26FN3O/c1-17-11-19(8-9-25(17)29-15-18(2)28-16-29)12-21-6-4-10-30(26(21)31)22-13-20-5-3-7-24(27)23(20)14-22/h3,5,7-9,11-12,15-16,22H,4,6,10,13-14H2,1-2H3/b21-12+/t22-/m0/s1. The van der Waals surface area contributed by atoms with E-state index in [1.165, 1.54) is 6.07 Å². The molecule has 2 aliphatic rings. The summed E-state index contributed by atoms with van der Waals surface area (Å²) in [7, 11) is 0. The van der Waals surface area contributed by atoms with Gasteiger partial charge in [-0.3, -0.25) is 4.79 Å². The van der Waals surface area contributed by atoms with Crippen molar-refractivity contribution in [3.63, 3.8) is 0 Å². The van der Waals surface area contributed by atoms with Crippen LogP contribution < -0.4 is 0 Å². The van der Waals surface area contributed by atoms with Gasteiger partial charge in [0.05, 0.1) is 12.0 Å². The number of likely N-dealkylation sites (tertiary alicyclic amines) is 1. The van der Waals surface area contributed by atoms with E-state index < -0.39 is 0 Å². The summed E-state index contributed by atoms with van der Waals surface area (Å²) in [5.41, 5.74) is 6.88. The second-order valence-electron chi connectivity index (χ2n) is 8.68. The van der Waals surface area contributed by atoms with Crippen LogP contribution in [-0.4, -0.2) is 32.9 Å². The number of carbonyl (C=O) groups excluding carboxylic acids is 1. The van der Waals surface area contributed by atoms with Crippen molar-refractivity contribution in [1.29, 1.82) is 0 Å². The predicted molar refractivity (Wildman–Crippen MR) is 120 cm³/mol. The summed E-state index contributed by atoms with van der Waals surface area (Å²) >= 11 is 0. The molecule has 1 atom stereocenters. The molecule has 0 N–H and O–H groups in total. The van der Waals surface area contributed by atoms with Gasteiger partial charge >= 0.3 is 0 Å². The molecule has 4 nitrogen and oxygen atoms in total. The molecule has 158 valence electrons. The Bertz CT molecular complexity index is 1190. The Morgan fingerprint density at radius 1 is 1.16 bits per heavy atom. The van der Waals surface area contributed by atoms with E-state index in [4.69, 9.17) is 0 Å². The van der Waals surface area contributed by atoms with Crippen molar-refractivity contribution >= 4 is 12.0 Å². The summed E-state index contributed by atoms with van der Waals surface area (Å²) in [6, 6.07) is 11.6. The van der Waals surface area contributed by atoms with Crippen LogP contribution >= 0.6 is 0 Å². The monoisotopic (exact) mass is 415 g/mol. The predicted octanol–water partition coefficient (Wildman–Crippen LogP) is 4.80. The SMILES string of the molecule is Cc1cn(-c2ccc(/C=C3\CCCN([C@H]4Cc5cccc(F)c5C4)C3=O)cc2C)cn1. The van der Waals surface area contributed by atoms with Gasteiger partial charge in [0.25, 0.3) is 0 Å². The van der Waals surface area contributed by atoms with Crippen molar-refractivity contribution in [3.8, 4) is 5.69 Å². The Morgan fingerprint density at radius 3 is 2.77 bits per heavy atom. The van der Waals surface area contributed by atoms with Crippen molar-refractivity contribution in [2.75, 3.05) is 6.54 Å². The second-order valence-corrected chi connectivity index (χ2v) is 8.68. The molecule has 1 aromatic heterocycles. The van der Waals surface area contributed by atoms with Crippen molar-refractivity contribution in [3.05, 3.63) is 88.3 Å². The van der Waals surface area contributed by atoms with Gasteiger partial charge in [0.2, 0.25) is 5.91 Å². The number of aryl methyl sites for hydroxylation is 2. The normalized spacial score (nSPS) is 19.8. The van der Waals surface area contributed by atoms with Gasteiger partial charge in [-0.05, 0) is 86.1 Å². The van der Waals surface area contributed by atoms with Gasteiger partial charge in [0, 0.05) is 30.0 Å². The lowest BCUT2D eigenvalue weighted by Crippen LogP contribution is -2.44. The zero-order valence-corrected chi connectivity index (χ0v) is 17.9. The van der Waals surface area contributed by atoms with Crippen molar-refractivity contribution < 1.29 is 9.18 Å². The minimum Gasteiger partial charge on any atom is -0.335 e. The summed E-state index contributed by atoms with van der Waals surface area (Å²) in [5, 5.41) is 0. The molecule has 2 aromatic carbocycles. The molecule has 1 fully saturated rings. The summed E-state index contributed by atoms with van der Waals surface area (Å²) in [5.74, 6) is -0.0553. The highest BCUT2D eigenvalue weighted by Gasteiger charge is 2.34. The molecule has 0 bridgehead atoms. The number of fused-ring (bicyclic) bond motifs is 1. The van der Waals surface area contributed by atoms with Crippen molar-refractivity contribution in [1.82, 2.24) is 14.5 Å². The van der Waals surface area contributed by atoms with Crippen LogP contribution in [-0.2, 0) is 17.6 Å². The van der Waals surface area contributed by atoms with Gasteiger partial charge in [-0.1, -0.05) is 18.2 Å². The number of halogens is 1. The minimum atomic E-state index is -0.149. The third kappa shape index (κ3) is 3.69. The molecule has 0 saturated carbocycles. The maximum absolute atomic E-state index is 14.2. The largest absolute Gasteiger partial charge is 0.335 e. The Kier molecular flexibility index (Phi) is 4.97. The Hall–Kier alpha value is -3.21. The number of carbonyl (C=O) groups is 1. The number of benzene rings is 2. The number of aromatic nitrogens is 2. The molecular weight excluding hydrogens is 389 g/mol. The topological polar surface area (TPSA) is 38.1 Å². The quantitative estimate of drug-likeness (QED) is 0.576. The summed E-state index contributed by atoms with van der Waals surface area (Å²) < 4.78 is 16.2. The van der Waals surface area contributed by atoms with Gasteiger partial charge in [-0.25, -0.2) is 9.37 Å². The first-order valence-corrected chi connectivity index (χ1v) is 10.9. The van der Waals surface area contributed by atoms with Gasteiger partial charge in [0.1, 0.15) is 5.82 Å². The van der Waals surface area contributed by atoms with Crippen LogP contribution in [0.1, 0.15) is 40.8 Å². The van der Waals surface area contributed by atoms with Crippen LogP contribution in [0, 0.1) is 19.7 Å². The summed E-state index contributed by atoms with van der Waals surface area (Å²) in [6.07, 6.45) is 8.92. The van der Waals surface area contributed by atoms with Gasteiger partial charge in [-0.15, -0.1) is 0 Å². The molecule has 31 heavy (non-hydrogen) atoms. The molecule has 2 heterocycles. The Balaban J connectivity index is 1.37. The minimum absolute atomic E-state index is 0.0525. The lowest BCUT2D eigenvalue weighted by molar-refractivity contribution is -0.130. The zero-order chi connectivity index (χ0) is 21.5. The number of hydrogen-bond donors (Lipinski definition) is 0. The van der Waals surface area contributed by atoms with Crippen molar-refractivity contribution in [2.24, 2.45) is 0 Å². The number of imidazole rings is 1. The van der Waals surface area contributed by atoms with E-state index in [1.807, 2.05) is 41.1 Å². The van der Waals surface area contributed by atoms with Gasteiger partial charge in [-0.2, -0.15) is 0 Å². The zero-order valence-electron chi connectivity index (χ0n) is 17.9. The fraction of sp³-hybridized carbons (Fsp3) is 0.308. The van der Waals surface area contributed by atoms with Crippen molar-refractivity contribution in [2.45, 2.75) is 45.6 Å². The van der Waals surface area contributed by atoms with E-state index in [9.17, 15) is 9.18 Å². The molecule has 0 radical (unpaired) electrons. The number of amides is 1. The molecule has 1 saturated heterocycles. The summed E-state index contributed by atoms with van der Waals surface area (Å²) in [4.78, 5) is 19.5. The average molecular weight is 416 g/mol. The van der Waals surface area contributed by atoms with Crippen LogP contribution in [0.25, 0.3) is 11.8 Å². The average Bonchev–Trinajstić information content (AvgIpc) is 3.37. The molecule has 0 spiro atoms. The number of rotatable bonds is 3. The van der Waals surface area contributed by atoms with Crippen LogP contribution in [0.5, 0.6) is 0 Å². The van der Waals surface area contributed by atoms with E-state index in [1.54, 1.807) is 6.07 Å². The molecule has 5 rings (SSSR count). The molecule has 1 amide bonds. The highest BCUT2D eigenvalue weighted by molar-refractivity contribution is 5.98. The second kappa shape index (κ2) is 7.80. The molecule has 5 heteroatoms. The first kappa shape index (κ1) is 19.7. The van der Waals surface area contributed by atoms with E-state index in [0.29, 0.717) is 6.42 Å². The molecular formula is C26H26FN3O. The number of hydrogen-bond acceptors (Lipinski definition) is 2. The van der Waals surface area contributed by atoms with E-state index in [-0.39, 0.29) is 17.8 Å². The van der Waals surface area contributed by atoms with Crippen LogP contribution in [0.4, 0.5) is 4.39 Å². The van der Waals surface area contributed by atoms with E-state index >= 15 is 0 Å². The highest BCUT2D eigenvalue weighted by atomic mass is 19.1. The maximum Gasteiger partial charge on any atom is 0.250 e. The van der Waals surface area contributed by atoms with Gasteiger partial charge < -0.3 is 9.47 Å². The highest BCUT2D eigenvalue weighted by Crippen LogP contribution is 2.31. The van der Waals surface area contributed by atoms with E-state index in [0.717, 1.165) is 65.0 Å². The molecule has 0 unspecified atom stereocenters. The Labute approximate surface area is 182 Å². The van der Waals surface area contributed by atoms with Gasteiger partial charge in [0.15, 0.2) is 0 Å². The lowest BCUT2D eigenvalue weighted by atomic mass is 9.97. The van der Waals surface area contributed by atoms with Crippen LogP contribution in [0.3, 0.4) is 0 Å². The maximum atomic E-state index is 14.2. The fourth-order valence-corrected chi connectivity index (χ4v) is 4.93. The Morgan fingerprint density at radius 2 is 2.03 bits per heavy atom. The first-order valence-electron chi connectivity index (χ1n) is 10.9. The van der Waals surface area contributed by atoms with E-state index in [2.05, 4.69) is 30.1 Å². The molecule has 1 aliphatic carbocycles. The lowest BCUT2D eigenvalue weighted by Gasteiger charge is -2.33. The third-order valence-electron chi connectivity index (χ3n) is 6.48. The third-order valence-corrected chi connectivity index (χ3v) is 6.48. The van der Waals surface area contributed by atoms with Crippen LogP contribution in [0.15, 0.2) is 54.5 Å². The first-order chi connectivity index (χ1) is 15.0.